The molecule has 3 nitrogen and oxygen atoms in total. The first kappa shape index (κ1) is 15.1. The van der Waals surface area contributed by atoms with Crippen LogP contribution in [0.5, 0.6) is 0 Å². The lowest BCUT2D eigenvalue weighted by atomic mass is 9.92. The van der Waals surface area contributed by atoms with Gasteiger partial charge in [0.15, 0.2) is 0 Å². The number of amides is 1. The van der Waals surface area contributed by atoms with Crippen LogP contribution in [-0.4, -0.2) is 17.1 Å². The largest absolute Gasteiger partial charge is 0.388 e. The van der Waals surface area contributed by atoms with E-state index in [1.807, 2.05) is 32.0 Å². The normalized spacial score (nSPS) is 20.6. The lowest BCUT2D eigenvalue weighted by Crippen LogP contribution is -2.43. The van der Waals surface area contributed by atoms with E-state index in [1.165, 1.54) is 0 Å². The quantitative estimate of drug-likeness (QED) is 0.860. The summed E-state index contributed by atoms with van der Waals surface area (Å²) in [6.45, 7) is 3.94. The summed E-state index contributed by atoms with van der Waals surface area (Å²) in [7, 11) is 0. The molecule has 1 heterocycles. The third kappa shape index (κ3) is 2.62. The number of rotatable bonds is 1. The molecule has 4 heteroatoms. The molecule has 0 saturated heterocycles. The number of fused-ring (bicyclic) bond motifs is 1. The van der Waals surface area contributed by atoms with Gasteiger partial charge >= 0.3 is 0 Å². The van der Waals surface area contributed by atoms with Crippen molar-refractivity contribution in [3.8, 4) is 0 Å². The first-order valence-electron chi connectivity index (χ1n) is 7.35. The fraction of sp³-hybridized carbons (Fsp3) is 0.278. The number of hydrogen-bond donors (Lipinski definition) is 1. The topological polar surface area (TPSA) is 40.5 Å². The number of benzene rings is 2. The number of aliphatic hydroxyl groups excluding tert-OH is 1. The third-order valence-corrected chi connectivity index (χ3v) is 4.37. The van der Waals surface area contributed by atoms with Crippen LogP contribution in [0.1, 0.15) is 40.9 Å². The Balaban J connectivity index is 2.04. The molecule has 0 bridgehead atoms. The van der Waals surface area contributed by atoms with Crippen LogP contribution in [0, 0.1) is 6.92 Å². The summed E-state index contributed by atoms with van der Waals surface area (Å²) in [5.41, 5.74) is 3.28. The molecule has 0 unspecified atom stereocenters. The van der Waals surface area contributed by atoms with E-state index in [0.717, 1.165) is 16.8 Å². The molecule has 2 atom stereocenters. The SMILES string of the molecule is Cc1ccc2c(c1)[C@H](O)C[C@H](C)N2C(=O)c1ccc(Cl)cc1. The van der Waals surface area contributed by atoms with E-state index in [9.17, 15) is 9.90 Å². The van der Waals surface area contributed by atoms with E-state index in [4.69, 9.17) is 11.6 Å². The van der Waals surface area contributed by atoms with Gasteiger partial charge in [-0.1, -0.05) is 29.3 Å². The third-order valence-electron chi connectivity index (χ3n) is 4.12. The van der Waals surface area contributed by atoms with Crippen molar-refractivity contribution in [3.63, 3.8) is 0 Å². The summed E-state index contributed by atoms with van der Waals surface area (Å²) in [6.07, 6.45) is 0.00893. The molecule has 0 spiro atoms. The second-order valence-electron chi connectivity index (χ2n) is 5.84. The second-order valence-corrected chi connectivity index (χ2v) is 6.28. The van der Waals surface area contributed by atoms with Crippen LogP contribution in [0.3, 0.4) is 0 Å². The van der Waals surface area contributed by atoms with Crippen LogP contribution in [-0.2, 0) is 0 Å². The highest BCUT2D eigenvalue weighted by Gasteiger charge is 2.33. The number of nitrogens with zero attached hydrogens (tertiary/aromatic N) is 1. The highest BCUT2D eigenvalue weighted by molar-refractivity contribution is 6.30. The second kappa shape index (κ2) is 5.75. The molecule has 2 aromatic carbocycles. The highest BCUT2D eigenvalue weighted by Crippen LogP contribution is 2.38. The minimum Gasteiger partial charge on any atom is -0.388 e. The van der Waals surface area contributed by atoms with Gasteiger partial charge in [0.05, 0.1) is 11.8 Å². The molecule has 1 aliphatic rings. The fourth-order valence-electron chi connectivity index (χ4n) is 2.99. The van der Waals surface area contributed by atoms with Crippen molar-refractivity contribution in [2.75, 3.05) is 4.90 Å². The number of halogens is 1. The zero-order chi connectivity index (χ0) is 15.9. The first-order chi connectivity index (χ1) is 10.5. The Morgan fingerprint density at radius 1 is 1.23 bits per heavy atom. The van der Waals surface area contributed by atoms with E-state index in [-0.39, 0.29) is 11.9 Å². The molecule has 114 valence electrons. The number of anilines is 1. The Kier molecular flexibility index (Phi) is 3.94. The molecule has 1 N–H and O–H groups in total. The van der Waals surface area contributed by atoms with Crippen molar-refractivity contribution >= 4 is 23.2 Å². The van der Waals surface area contributed by atoms with Crippen molar-refractivity contribution in [3.05, 3.63) is 64.2 Å². The standard InChI is InChI=1S/C18H18ClNO2/c1-11-3-8-16-15(9-11)17(21)10-12(2)20(16)18(22)13-4-6-14(19)7-5-13/h3-9,12,17,21H,10H2,1-2H3/t12-,17+/m0/s1. The van der Waals surface area contributed by atoms with Gasteiger partial charge in [-0.25, -0.2) is 0 Å². The summed E-state index contributed by atoms with van der Waals surface area (Å²) in [4.78, 5) is 14.6. The van der Waals surface area contributed by atoms with Gasteiger partial charge < -0.3 is 10.0 Å². The predicted molar refractivity (Wildman–Crippen MR) is 88.5 cm³/mol. The Labute approximate surface area is 135 Å². The maximum atomic E-state index is 12.9. The Hall–Kier alpha value is -1.84. The van der Waals surface area contributed by atoms with Crippen LogP contribution in [0.2, 0.25) is 5.02 Å². The van der Waals surface area contributed by atoms with Gasteiger partial charge in [-0.05, 0) is 50.6 Å². The van der Waals surface area contributed by atoms with Crippen LogP contribution in [0.15, 0.2) is 42.5 Å². The molecule has 0 saturated carbocycles. The van der Waals surface area contributed by atoms with E-state index in [1.54, 1.807) is 29.2 Å². The molecular weight excluding hydrogens is 298 g/mol. The van der Waals surface area contributed by atoms with Crippen LogP contribution >= 0.6 is 11.6 Å². The lowest BCUT2D eigenvalue weighted by molar-refractivity contribution is 0.0949. The monoisotopic (exact) mass is 315 g/mol. The highest BCUT2D eigenvalue weighted by atomic mass is 35.5. The average molecular weight is 316 g/mol. The summed E-state index contributed by atoms with van der Waals surface area (Å²) < 4.78 is 0. The van der Waals surface area contributed by atoms with Crippen molar-refractivity contribution in [1.82, 2.24) is 0 Å². The summed E-state index contributed by atoms with van der Waals surface area (Å²) in [6, 6.07) is 12.7. The van der Waals surface area contributed by atoms with E-state index in [2.05, 4.69) is 0 Å². The van der Waals surface area contributed by atoms with Gasteiger partial charge in [-0.2, -0.15) is 0 Å². The Morgan fingerprint density at radius 3 is 2.59 bits per heavy atom. The zero-order valence-corrected chi connectivity index (χ0v) is 13.3. The number of aryl methyl sites for hydroxylation is 1. The van der Waals surface area contributed by atoms with Crippen molar-refractivity contribution in [2.24, 2.45) is 0 Å². The lowest BCUT2D eigenvalue weighted by Gasteiger charge is -2.38. The molecule has 3 rings (SSSR count). The van der Waals surface area contributed by atoms with Gasteiger partial charge in [-0.3, -0.25) is 4.79 Å². The zero-order valence-electron chi connectivity index (χ0n) is 12.6. The first-order valence-corrected chi connectivity index (χ1v) is 7.73. The number of hydrogen-bond acceptors (Lipinski definition) is 2. The molecule has 0 aliphatic carbocycles. The Morgan fingerprint density at radius 2 is 1.91 bits per heavy atom. The van der Waals surface area contributed by atoms with Crippen LogP contribution in [0.4, 0.5) is 5.69 Å². The number of aliphatic hydroxyl groups is 1. The molecule has 0 aromatic heterocycles. The van der Waals surface area contributed by atoms with Crippen molar-refractivity contribution in [2.45, 2.75) is 32.4 Å². The smallest absolute Gasteiger partial charge is 0.258 e. The van der Waals surface area contributed by atoms with Gasteiger partial charge in [0, 0.05) is 22.2 Å². The molecule has 22 heavy (non-hydrogen) atoms. The van der Waals surface area contributed by atoms with Gasteiger partial charge in [-0.15, -0.1) is 0 Å². The summed E-state index contributed by atoms with van der Waals surface area (Å²) in [5.74, 6) is -0.0684. The maximum Gasteiger partial charge on any atom is 0.258 e. The predicted octanol–water partition coefficient (Wildman–Crippen LogP) is 4.12. The van der Waals surface area contributed by atoms with Crippen LogP contribution < -0.4 is 4.90 Å². The fourth-order valence-corrected chi connectivity index (χ4v) is 3.12. The Bertz CT molecular complexity index is 712. The summed E-state index contributed by atoms with van der Waals surface area (Å²) in [5, 5.41) is 10.9. The number of carbonyl (C=O) groups is 1. The molecule has 1 aliphatic heterocycles. The van der Waals surface area contributed by atoms with Gasteiger partial charge in [0.2, 0.25) is 0 Å². The molecule has 0 fully saturated rings. The van der Waals surface area contributed by atoms with Crippen molar-refractivity contribution in [1.29, 1.82) is 0 Å². The van der Waals surface area contributed by atoms with E-state index >= 15 is 0 Å². The van der Waals surface area contributed by atoms with E-state index < -0.39 is 6.10 Å². The van der Waals surface area contributed by atoms with Gasteiger partial charge in [0.25, 0.3) is 5.91 Å². The minimum absolute atomic E-state index is 0.0617. The van der Waals surface area contributed by atoms with E-state index in [0.29, 0.717) is 17.0 Å². The van der Waals surface area contributed by atoms with Gasteiger partial charge in [0.1, 0.15) is 0 Å². The maximum absolute atomic E-state index is 12.9. The molecule has 0 radical (unpaired) electrons. The van der Waals surface area contributed by atoms with Crippen LogP contribution in [0.25, 0.3) is 0 Å². The minimum atomic E-state index is -0.529. The molecular formula is C18H18ClNO2. The average Bonchev–Trinajstić information content (AvgIpc) is 2.48. The molecule has 2 aromatic rings. The molecule has 1 amide bonds. The van der Waals surface area contributed by atoms with Crippen molar-refractivity contribution < 1.29 is 9.90 Å². The summed E-state index contributed by atoms with van der Waals surface area (Å²) >= 11 is 5.89. The number of carbonyl (C=O) groups excluding carboxylic acids is 1.